The summed E-state index contributed by atoms with van der Waals surface area (Å²) in [4.78, 5) is 24.9. The molecule has 1 amide bonds. The van der Waals surface area contributed by atoms with Crippen LogP contribution < -0.4 is 26.0 Å². The van der Waals surface area contributed by atoms with Crippen LogP contribution in [0.15, 0.2) is 42.5 Å². The lowest BCUT2D eigenvalue weighted by Crippen LogP contribution is -2.43. The van der Waals surface area contributed by atoms with Gasteiger partial charge in [0.2, 0.25) is 0 Å². The van der Waals surface area contributed by atoms with E-state index in [0.29, 0.717) is 31.1 Å². The van der Waals surface area contributed by atoms with Crippen molar-refractivity contribution in [2.75, 3.05) is 36.8 Å². The fraction of sp³-hybridized carbons (Fsp3) is 0.480. The molecule has 1 atom stereocenters. The fourth-order valence-electron chi connectivity index (χ4n) is 4.06. The van der Waals surface area contributed by atoms with Crippen molar-refractivity contribution in [3.8, 4) is 5.75 Å². The number of piperidine rings is 1. The number of nitrogens with zero attached hydrogens (tertiary/aromatic N) is 2. The number of rotatable bonds is 12. The van der Waals surface area contributed by atoms with Crippen LogP contribution in [0.5, 0.6) is 5.75 Å². The molecule has 0 radical (unpaired) electrons. The van der Waals surface area contributed by atoms with Crippen molar-refractivity contribution >= 4 is 23.0 Å². The zero-order chi connectivity index (χ0) is 25.2. The highest BCUT2D eigenvalue weighted by Gasteiger charge is 2.21. The molecule has 190 valence electrons. The normalized spacial score (nSPS) is 15.0. The standard InChI is InChI=1S/C25H35N5O5/c1-2-3-14-28-25(32)18-7-9-20(10-8-18)29-16-12-19(13-17-29)27-15-11-23(31)35-22-6-4-5-21(24(22)26)30(33)34/h4-10,19,23,27,31H,2-3,11-17,26H2,1H3,(H,28,32). The minimum absolute atomic E-state index is 0.0350. The average Bonchev–Trinajstić information content (AvgIpc) is 2.86. The second kappa shape index (κ2) is 12.9. The number of nitro benzene ring substituents is 1. The highest BCUT2D eigenvalue weighted by atomic mass is 16.6. The van der Waals surface area contributed by atoms with Crippen LogP contribution in [0.1, 0.15) is 49.4 Å². The molecule has 1 saturated heterocycles. The number of carbonyl (C=O) groups is 1. The summed E-state index contributed by atoms with van der Waals surface area (Å²) in [6.45, 7) is 5.12. The predicted molar refractivity (Wildman–Crippen MR) is 136 cm³/mol. The summed E-state index contributed by atoms with van der Waals surface area (Å²) in [7, 11) is 0. The molecule has 1 aliphatic rings. The van der Waals surface area contributed by atoms with E-state index in [2.05, 4.69) is 22.5 Å². The highest BCUT2D eigenvalue weighted by molar-refractivity contribution is 5.94. The molecule has 0 saturated carbocycles. The Morgan fingerprint density at radius 3 is 2.60 bits per heavy atom. The van der Waals surface area contributed by atoms with E-state index in [1.807, 2.05) is 24.3 Å². The third kappa shape index (κ3) is 7.56. The smallest absolute Gasteiger partial charge is 0.295 e. The van der Waals surface area contributed by atoms with Gasteiger partial charge in [-0.1, -0.05) is 19.4 Å². The van der Waals surface area contributed by atoms with Gasteiger partial charge in [-0.3, -0.25) is 14.9 Å². The summed E-state index contributed by atoms with van der Waals surface area (Å²) < 4.78 is 5.40. The molecule has 0 spiro atoms. The van der Waals surface area contributed by atoms with Crippen LogP contribution in [-0.2, 0) is 0 Å². The Hall–Kier alpha value is -3.37. The molecule has 1 heterocycles. The molecule has 5 N–H and O–H groups in total. The van der Waals surface area contributed by atoms with Crippen molar-refractivity contribution in [2.24, 2.45) is 0 Å². The van der Waals surface area contributed by atoms with Crippen molar-refractivity contribution in [1.29, 1.82) is 0 Å². The summed E-state index contributed by atoms with van der Waals surface area (Å²) in [5, 5.41) is 27.5. The van der Waals surface area contributed by atoms with E-state index in [9.17, 15) is 20.0 Å². The van der Waals surface area contributed by atoms with Gasteiger partial charge in [-0.05, 0) is 49.6 Å². The first kappa shape index (κ1) is 26.2. The summed E-state index contributed by atoms with van der Waals surface area (Å²) >= 11 is 0. The Labute approximate surface area is 205 Å². The number of para-hydroxylation sites is 1. The topological polar surface area (TPSA) is 143 Å². The van der Waals surface area contributed by atoms with E-state index < -0.39 is 11.2 Å². The minimum atomic E-state index is -1.12. The number of ether oxygens (including phenoxy) is 1. The molecular weight excluding hydrogens is 450 g/mol. The van der Waals surface area contributed by atoms with E-state index in [1.54, 1.807) is 0 Å². The van der Waals surface area contributed by atoms with Gasteiger partial charge in [-0.25, -0.2) is 0 Å². The largest absolute Gasteiger partial charge is 0.463 e. The fourth-order valence-corrected chi connectivity index (χ4v) is 4.06. The molecule has 1 unspecified atom stereocenters. The summed E-state index contributed by atoms with van der Waals surface area (Å²) in [6, 6.07) is 12.3. The first-order valence-electron chi connectivity index (χ1n) is 12.1. The van der Waals surface area contributed by atoms with Crippen LogP contribution in [0.3, 0.4) is 0 Å². The Morgan fingerprint density at radius 1 is 1.23 bits per heavy atom. The molecule has 1 fully saturated rings. The zero-order valence-corrected chi connectivity index (χ0v) is 20.1. The van der Waals surface area contributed by atoms with Gasteiger partial charge in [-0.2, -0.15) is 0 Å². The van der Waals surface area contributed by atoms with E-state index in [4.69, 9.17) is 10.5 Å². The molecule has 35 heavy (non-hydrogen) atoms. The summed E-state index contributed by atoms with van der Waals surface area (Å²) in [5.74, 6) is 0.0664. The molecular formula is C25H35N5O5. The van der Waals surface area contributed by atoms with Crippen LogP contribution in [0, 0.1) is 10.1 Å². The molecule has 1 aliphatic heterocycles. The van der Waals surface area contributed by atoms with Crippen LogP contribution in [0.2, 0.25) is 0 Å². The predicted octanol–water partition coefficient (Wildman–Crippen LogP) is 3.05. The number of anilines is 2. The van der Waals surface area contributed by atoms with Crippen LogP contribution >= 0.6 is 0 Å². The number of aliphatic hydroxyl groups is 1. The average molecular weight is 486 g/mol. The highest BCUT2D eigenvalue weighted by Crippen LogP contribution is 2.31. The quantitative estimate of drug-likeness (QED) is 0.118. The summed E-state index contributed by atoms with van der Waals surface area (Å²) in [6.07, 6.45) is 3.13. The van der Waals surface area contributed by atoms with Crippen molar-refractivity contribution in [2.45, 2.75) is 51.4 Å². The van der Waals surface area contributed by atoms with Gasteiger partial charge in [0.1, 0.15) is 0 Å². The number of aliphatic hydroxyl groups excluding tert-OH is 1. The van der Waals surface area contributed by atoms with E-state index >= 15 is 0 Å². The van der Waals surface area contributed by atoms with Crippen LogP contribution in [0.25, 0.3) is 0 Å². The maximum atomic E-state index is 12.2. The molecule has 3 rings (SSSR count). The second-order valence-corrected chi connectivity index (χ2v) is 8.68. The molecule has 10 heteroatoms. The van der Waals surface area contributed by atoms with Gasteiger partial charge in [0.25, 0.3) is 11.6 Å². The number of nitro groups is 1. The van der Waals surface area contributed by atoms with E-state index in [-0.39, 0.29) is 23.0 Å². The molecule has 10 nitrogen and oxygen atoms in total. The second-order valence-electron chi connectivity index (χ2n) is 8.68. The monoisotopic (exact) mass is 485 g/mol. The number of nitrogen functional groups attached to an aromatic ring is 1. The lowest BCUT2D eigenvalue weighted by Gasteiger charge is -2.34. The third-order valence-electron chi connectivity index (χ3n) is 6.13. The van der Waals surface area contributed by atoms with E-state index in [0.717, 1.165) is 44.5 Å². The van der Waals surface area contributed by atoms with Gasteiger partial charge in [0, 0.05) is 56.0 Å². The zero-order valence-electron chi connectivity index (χ0n) is 20.1. The van der Waals surface area contributed by atoms with Crippen molar-refractivity contribution in [1.82, 2.24) is 10.6 Å². The number of nitrogens with one attached hydrogen (secondary N) is 2. The van der Waals surface area contributed by atoms with Crippen LogP contribution in [-0.4, -0.2) is 54.4 Å². The maximum absolute atomic E-state index is 12.2. The van der Waals surface area contributed by atoms with Crippen LogP contribution in [0.4, 0.5) is 17.1 Å². The lowest BCUT2D eigenvalue weighted by atomic mass is 10.0. The lowest BCUT2D eigenvalue weighted by molar-refractivity contribution is -0.384. The molecule has 0 bridgehead atoms. The number of hydrogen-bond donors (Lipinski definition) is 4. The molecule has 2 aromatic carbocycles. The summed E-state index contributed by atoms with van der Waals surface area (Å²) in [5.41, 5.74) is 7.21. The van der Waals surface area contributed by atoms with Gasteiger partial charge < -0.3 is 31.1 Å². The number of unbranched alkanes of at least 4 members (excludes halogenated alkanes) is 1. The van der Waals surface area contributed by atoms with Gasteiger partial charge in [0.15, 0.2) is 17.7 Å². The number of nitrogens with two attached hydrogens (primary N) is 1. The van der Waals surface area contributed by atoms with Crippen molar-refractivity contribution < 1.29 is 19.6 Å². The molecule has 2 aromatic rings. The first-order valence-corrected chi connectivity index (χ1v) is 12.1. The Bertz CT molecular complexity index is 977. The van der Waals surface area contributed by atoms with Crippen molar-refractivity contribution in [3.63, 3.8) is 0 Å². The Balaban J connectivity index is 1.38. The minimum Gasteiger partial charge on any atom is -0.463 e. The Morgan fingerprint density at radius 2 is 1.94 bits per heavy atom. The van der Waals surface area contributed by atoms with Gasteiger partial charge in [0.05, 0.1) is 4.92 Å². The third-order valence-corrected chi connectivity index (χ3v) is 6.13. The molecule has 0 aromatic heterocycles. The van der Waals surface area contributed by atoms with E-state index in [1.165, 1.54) is 18.2 Å². The maximum Gasteiger partial charge on any atom is 0.295 e. The number of hydrogen-bond acceptors (Lipinski definition) is 8. The van der Waals surface area contributed by atoms with Gasteiger partial charge in [-0.15, -0.1) is 0 Å². The number of benzene rings is 2. The SMILES string of the molecule is CCCCNC(=O)c1ccc(N2CCC(NCCC(O)Oc3cccc([N+](=O)[O-])c3N)CC2)cc1. The first-order chi connectivity index (χ1) is 16.9. The number of carbonyl (C=O) groups excluding carboxylic acids is 1. The number of amides is 1. The van der Waals surface area contributed by atoms with Crippen molar-refractivity contribution in [3.05, 3.63) is 58.1 Å². The van der Waals surface area contributed by atoms with Gasteiger partial charge >= 0.3 is 0 Å². The Kier molecular flexibility index (Phi) is 9.68. The molecule has 0 aliphatic carbocycles.